The van der Waals surface area contributed by atoms with Crippen LogP contribution in [0.4, 0.5) is 5.69 Å². The molecule has 132 valence electrons. The summed E-state index contributed by atoms with van der Waals surface area (Å²) in [6, 6.07) is 12.9. The fourth-order valence-corrected chi connectivity index (χ4v) is 3.33. The maximum absolute atomic E-state index is 12.2. The standard InChI is InChI=1S/C20H18N2O3S/c1-3-7-14-10-13(11-16(25-2)18(14)23)12-17-19(24)22-20(26-17)21-15-8-5-4-6-9-15/h3-6,8-12,23H,1,7H2,2H3,(H,21,22,24)/b17-12+. The SMILES string of the molecule is C=CCc1cc(/C=C2/SC(=Nc3ccccc3)NC2=O)cc(OC)c1O. The Balaban J connectivity index is 1.90. The van der Waals surface area contributed by atoms with Gasteiger partial charge in [0.25, 0.3) is 5.91 Å². The highest BCUT2D eigenvalue weighted by Crippen LogP contribution is 2.34. The van der Waals surface area contributed by atoms with Crippen molar-refractivity contribution in [3.63, 3.8) is 0 Å². The number of para-hydroxylation sites is 1. The van der Waals surface area contributed by atoms with Gasteiger partial charge in [0, 0.05) is 5.56 Å². The number of thioether (sulfide) groups is 1. The Hall–Kier alpha value is -2.99. The molecule has 26 heavy (non-hydrogen) atoms. The van der Waals surface area contributed by atoms with Gasteiger partial charge in [-0.25, -0.2) is 4.99 Å². The van der Waals surface area contributed by atoms with Crippen LogP contribution in [0, 0.1) is 0 Å². The summed E-state index contributed by atoms with van der Waals surface area (Å²) < 4.78 is 5.22. The fraction of sp³-hybridized carbons (Fsp3) is 0.100. The molecule has 1 aliphatic rings. The number of hydrogen-bond acceptors (Lipinski definition) is 5. The van der Waals surface area contributed by atoms with E-state index in [1.165, 1.54) is 18.9 Å². The van der Waals surface area contributed by atoms with Gasteiger partial charge >= 0.3 is 0 Å². The molecule has 0 unspecified atom stereocenters. The zero-order chi connectivity index (χ0) is 18.5. The van der Waals surface area contributed by atoms with Crippen molar-refractivity contribution in [2.75, 3.05) is 7.11 Å². The molecule has 1 saturated heterocycles. The van der Waals surface area contributed by atoms with Gasteiger partial charge in [-0.1, -0.05) is 24.3 Å². The summed E-state index contributed by atoms with van der Waals surface area (Å²) in [6.45, 7) is 3.70. The Bertz CT molecular complexity index is 905. The molecule has 0 aliphatic carbocycles. The number of amides is 1. The quantitative estimate of drug-likeness (QED) is 0.619. The summed E-state index contributed by atoms with van der Waals surface area (Å²) in [4.78, 5) is 17.2. The molecular weight excluding hydrogens is 348 g/mol. The maximum atomic E-state index is 12.2. The first-order chi connectivity index (χ1) is 12.6. The highest BCUT2D eigenvalue weighted by atomic mass is 32.2. The van der Waals surface area contributed by atoms with Crippen LogP contribution in [-0.4, -0.2) is 23.3 Å². The van der Waals surface area contributed by atoms with E-state index in [1.54, 1.807) is 18.2 Å². The van der Waals surface area contributed by atoms with Gasteiger partial charge in [0.2, 0.25) is 0 Å². The first kappa shape index (κ1) is 17.8. The van der Waals surface area contributed by atoms with Gasteiger partial charge < -0.3 is 15.2 Å². The lowest BCUT2D eigenvalue weighted by atomic mass is 10.1. The highest BCUT2D eigenvalue weighted by molar-refractivity contribution is 8.18. The van der Waals surface area contributed by atoms with E-state index in [0.29, 0.717) is 27.8 Å². The van der Waals surface area contributed by atoms with Gasteiger partial charge in [0.15, 0.2) is 16.7 Å². The zero-order valence-electron chi connectivity index (χ0n) is 14.2. The minimum Gasteiger partial charge on any atom is -0.504 e. The second kappa shape index (κ2) is 7.93. The molecule has 0 bridgehead atoms. The molecule has 1 heterocycles. The normalized spacial score (nSPS) is 16.7. The Labute approximate surface area is 156 Å². The fourth-order valence-electron chi connectivity index (χ4n) is 2.49. The minimum atomic E-state index is -0.206. The number of nitrogens with zero attached hydrogens (tertiary/aromatic N) is 1. The number of aromatic hydroxyl groups is 1. The van der Waals surface area contributed by atoms with Crippen molar-refractivity contribution in [3.05, 3.63) is 71.2 Å². The number of carbonyl (C=O) groups excluding carboxylic acids is 1. The number of hydrogen-bond donors (Lipinski definition) is 2. The Morgan fingerprint density at radius 1 is 1.31 bits per heavy atom. The molecule has 0 spiro atoms. The Morgan fingerprint density at radius 3 is 2.77 bits per heavy atom. The van der Waals surface area contributed by atoms with Crippen molar-refractivity contribution in [2.24, 2.45) is 4.99 Å². The van der Waals surface area contributed by atoms with Gasteiger partial charge in [-0.3, -0.25) is 4.79 Å². The molecule has 1 fully saturated rings. The van der Waals surface area contributed by atoms with Crippen molar-refractivity contribution in [1.29, 1.82) is 0 Å². The number of benzene rings is 2. The largest absolute Gasteiger partial charge is 0.504 e. The lowest BCUT2D eigenvalue weighted by molar-refractivity contribution is -0.115. The van der Waals surface area contributed by atoms with E-state index in [4.69, 9.17) is 4.74 Å². The number of phenolic OH excluding ortho intramolecular Hbond substituents is 1. The summed E-state index contributed by atoms with van der Waals surface area (Å²) in [5.74, 6) is 0.240. The third-order valence-corrected chi connectivity index (χ3v) is 4.61. The number of carbonyl (C=O) groups is 1. The van der Waals surface area contributed by atoms with Crippen LogP contribution in [0.1, 0.15) is 11.1 Å². The summed E-state index contributed by atoms with van der Waals surface area (Å²) in [6.07, 6.45) is 3.95. The molecule has 0 aromatic heterocycles. The van der Waals surface area contributed by atoms with E-state index in [-0.39, 0.29) is 11.7 Å². The number of ether oxygens (including phenoxy) is 1. The van der Waals surface area contributed by atoms with Crippen molar-refractivity contribution in [3.8, 4) is 11.5 Å². The number of phenols is 1. The molecule has 1 amide bonds. The van der Waals surface area contributed by atoms with Gasteiger partial charge in [-0.05, 0) is 54.1 Å². The zero-order valence-corrected chi connectivity index (χ0v) is 15.0. The van der Waals surface area contributed by atoms with E-state index in [0.717, 1.165) is 11.3 Å². The topological polar surface area (TPSA) is 70.9 Å². The van der Waals surface area contributed by atoms with Gasteiger partial charge in [-0.2, -0.15) is 0 Å². The smallest absolute Gasteiger partial charge is 0.264 e. The van der Waals surface area contributed by atoms with E-state index in [2.05, 4.69) is 16.9 Å². The molecule has 0 atom stereocenters. The van der Waals surface area contributed by atoms with Crippen LogP contribution in [0.5, 0.6) is 11.5 Å². The molecule has 2 aromatic rings. The molecule has 0 saturated carbocycles. The third kappa shape index (κ3) is 3.97. The van der Waals surface area contributed by atoms with Crippen LogP contribution in [0.3, 0.4) is 0 Å². The van der Waals surface area contributed by atoms with Crippen LogP contribution in [0.2, 0.25) is 0 Å². The Morgan fingerprint density at radius 2 is 2.08 bits per heavy atom. The first-order valence-electron chi connectivity index (χ1n) is 7.96. The lowest BCUT2D eigenvalue weighted by Gasteiger charge is -2.09. The number of rotatable bonds is 5. The maximum Gasteiger partial charge on any atom is 0.264 e. The number of methoxy groups -OCH3 is 1. The number of allylic oxidation sites excluding steroid dienone is 1. The number of aliphatic imine (C=N–C) groups is 1. The average Bonchev–Trinajstić information content (AvgIpc) is 2.97. The van der Waals surface area contributed by atoms with Crippen LogP contribution in [0.25, 0.3) is 6.08 Å². The van der Waals surface area contributed by atoms with Crippen LogP contribution in [0.15, 0.2) is 65.0 Å². The molecule has 0 radical (unpaired) electrons. The number of amidine groups is 1. The molecule has 6 heteroatoms. The molecule has 5 nitrogen and oxygen atoms in total. The van der Waals surface area contributed by atoms with Gasteiger partial charge in [0.1, 0.15) is 0 Å². The first-order valence-corrected chi connectivity index (χ1v) is 8.77. The Kier molecular flexibility index (Phi) is 5.43. The van der Waals surface area contributed by atoms with Gasteiger partial charge in [-0.15, -0.1) is 6.58 Å². The lowest BCUT2D eigenvalue weighted by Crippen LogP contribution is -2.19. The summed E-state index contributed by atoms with van der Waals surface area (Å²) in [5.41, 5.74) is 2.22. The van der Waals surface area contributed by atoms with E-state index >= 15 is 0 Å². The molecular formula is C20H18N2O3S. The van der Waals surface area contributed by atoms with Crippen molar-refractivity contribution in [1.82, 2.24) is 5.32 Å². The second-order valence-corrected chi connectivity index (χ2v) is 6.57. The monoisotopic (exact) mass is 366 g/mol. The molecule has 2 aromatic carbocycles. The predicted octanol–water partition coefficient (Wildman–Crippen LogP) is 4.02. The van der Waals surface area contributed by atoms with Crippen LogP contribution < -0.4 is 10.1 Å². The van der Waals surface area contributed by atoms with Crippen molar-refractivity contribution in [2.45, 2.75) is 6.42 Å². The minimum absolute atomic E-state index is 0.0874. The van der Waals surface area contributed by atoms with E-state index in [1.807, 2.05) is 36.4 Å². The average molecular weight is 366 g/mol. The second-order valence-electron chi connectivity index (χ2n) is 5.54. The van der Waals surface area contributed by atoms with Crippen molar-refractivity contribution < 1.29 is 14.6 Å². The van der Waals surface area contributed by atoms with E-state index < -0.39 is 0 Å². The molecule has 3 rings (SSSR count). The molecule has 1 aliphatic heterocycles. The third-order valence-electron chi connectivity index (χ3n) is 3.70. The predicted molar refractivity (Wildman–Crippen MR) is 106 cm³/mol. The summed E-state index contributed by atoms with van der Waals surface area (Å²) in [7, 11) is 1.49. The van der Waals surface area contributed by atoms with E-state index in [9.17, 15) is 9.90 Å². The summed E-state index contributed by atoms with van der Waals surface area (Å²) >= 11 is 1.27. The van der Waals surface area contributed by atoms with Crippen molar-refractivity contribution >= 4 is 34.6 Å². The van der Waals surface area contributed by atoms with Crippen LogP contribution in [-0.2, 0) is 11.2 Å². The molecule has 2 N–H and O–H groups in total. The number of nitrogens with one attached hydrogen (secondary N) is 1. The summed E-state index contributed by atoms with van der Waals surface area (Å²) in [5, 5.41) is 13.5. The highest BCUT2D eigenvalue weighted by Gasteiger charge is 2.24. The van der Waals surface area contributed by atoms with Gasteiger partial charge in [0.05, 0.1) is 17.7 Å². The van der Waals surface area contributed by atoms with Crippen LogP contribution >= 0.6 is 11.8 Å².